The van der Waals surface area contributed by atoms with Gasteiger partial charge in [0.05, 0.1) is 22.8 Å². The van der Waals surface area contributed by atoms with Crippen LogP contribution < -0.4 is 0 Å². The maximum absolute atomic E-state index is 12.8. The lowest BCUT2D eigenvalue weighted by atomic mass is 10.1. The zero-order chi connectivity index (χ0) is 15.4. The molecule has 0 fully saturated rings. The average molecular weight is 294 g/mol. The van der Waals surface area contributed by atoms with Gasteiger partial charge in [0.2, 0.25) is 0 Å². The molecule has 0 unspecified atom stereocenters. The summed E-state index contributed by atoms with van der Waals surface area (Å²) < 4.78 is 25.7. The predicted molar refractivity (Wildman–Crippen MR) is 85.3 cm³/mol. The standard InChI is InChI=1S/C18H12F2N2/c19-13-1-5-15(6-2-13)21-17-9-11-18(12-10-17)22-16-7-3-14(20)4-8-16/h1-12H. The molecule has 3 rings (SSSR count). The van der Waals surface area contributed by atoms with E-state index in [0.29, 0.717) is 11.4 Å². The topological polar surface area (TPSA) is 24.7 Å². The number of aliphatic imine (C=N–C) groups is 2. The highest BCUT2D eigenvalue weighted by Crippen LogP contribution is 2.16. The SMILES string of the molecule is Fc1ccc(N=C2C=CC(=Nc3ccc(F)cc3)C=C2)cc1. The summed E-state index contributed by atoms with van der Waals surface area (Å²) >= 11 is 0. The Hall–Kier alpha value is -2.88. The minimum Gasteiger partial charge on any atom is -0.249 e. The molecule has 0 bridgehead atoms. The zero-order valence-electron chi connectivity index (χ0n) is 11.6. The summed E-state index contributed by atoms with van der Waals surface area (Å²) in [4.78, 5) is 8.77. The van der Waals surface area contributed by atoms with E-state index in [1.165, 1.54) is 24.3 Å². The number of hydrogen-bond acceptors (Lipinski definition) is 2. The third-order valence-corrected chi connectivity index (χ3v) is 3.02. The summed E-state index contributed by atoms with van der Waals surface area (Å²) in [5.41, 5.74) is 2.88. The lowest BCUT2D eigenvalue weighted by Crippen LogP contribution is -1.99. The molecular formula is C18H12F2N2. The van der Waals surface area contributed by atoms with Crippen LogP contribution in [0.15, 0.2) is 82.8 Å². The van der Waals surface area contributed by atoms with Gasteiger partial charge in [-0.15, -0.1) is 0 Å². The summed E-state index contributed by atoms with van der Waals surface area (Å²) in [5.74, 6) is -0.570. The minimum atomic E-state index is -0.285. The third kappa shape index (κ3) is 3.61. The Labute approximate surface area is 126 Å². The fourth-order valence-corrected chi connectivity index (χ4v) is 1.93. The average Bonchev–Trinajstić information content (AvgIpc) is 2.54. The normalized spacial score (nSPS) is 13.4. The number of nitrogens with zero attached hydrogens (tertiary/aromatic N) is 2. The van der Waals surface area contributed by atoms with Crippen molar-refractivity contribution >= 4 is 22.8 Å². The van der Waals surface area contributed by atoms with Gasteiger partial charge in [-0.2, -0.15) is 0 Å². The lowest BCUT2D eigenvalue weighted by molar-refractivity contribution is 0.627. The van der Waals surface area contributed by atoms with E-state index in [1.807, 2.05) is 24.3 Å². The summed E-state index contributed by atoms with van der Waals surface area (Å²) in [6.07, 6.45) is 7.30. The number of benzene rings is 2. The summed E-state index contributed by atoms with van der Waals surface area (Å²) in [6, 6.07) is 12.0. The van der Waals surface area contributed by atoms with E-state index in [2.05, 4.69) is 9.98 Å². The van der Waals surface area contributed by atoms with Gasteiger partial charge in [-0.25, -0.2) is 18.8 Å². The molecule has 22 heavy (non-hydrogen) atoms. The Bertz CT molecular complexity index is 697. The minimum absolute atomic E-state index is 0.285. The molecule has 0 amide bonds. The van der Waals surface area contributed by atoms with E-state index < -0.39 is 0 Å². The Balaban J connectivity index is 1.76. The Morgan fingerprint density at radius 2 is 0.818 bits per heavy atom. The molecule has 0 N–H and O–H groups in total. The molecule has 108 valence electrons. The van der Waals surface area contributed by atoms with Gasteiger partial charge >= 0.3 is 0 Å². The number of rotatable bonds is 2. The highest BCUT2D eigenvalue weighted by atomic mass is 19.1. The second kappa shape index (κ2) is 6.26. The van der Waals surface area contributed by atoms with Crippen molar-refractivity contribution in [2.75, 3.05) is 0 Å². The van der Waals surface area contributed by atoms with Crippen molar-refractivity contribution in [2.24, 2.45) is 9.98 Å². The Kier molecular flexibility index (Phi) is 4.01. The number of halogens is 2. The molecule has 0 aromatic heterocycles. The molecule has 0 saturated carbocycles. The quantitative estimate of drug-likeness (QED) is 0.701. The molecule has 2 aromatic rings. The second-order valence-corrected chi connectivity index (χ2v) is 4.69. The van der Waals surface area contributed by atoms with Crippen molar-refractivity contribution < 1.29 is 8.78 Å². The Morgan fingerprint density at radius 3 is 1.14 bits per heavy atom. The fourth-order valence-electron chi connectivity index (χ4n) is 1.93. The van der Waals surface area contributed by atoms with Crippen LogP contribution in [0.1, 0.15) is 0 Å². The van der Waals surface area contributed by atoms with E-state index in [0.717, 1.165) is 11.4 Å². The fraction of sp³-hybridized carbons (Fsp3) is 0. The van der Waals surface area contributed by atoms with Gasteiger partial charge in [0.15, 0.2) is 0 Å². The van der Waals surface area contributed by atoms with Gasteiger partial charge in [-0.05, 0) is 72.8 Å². The van der Waals surface area contributed by atoms with Crippen molar-refractivity contribution in [3.8, 4) is 0 Å². The first-order valence-corrected chi connectivity index (χ1v) is 6.74. The summed E-state index contributed by atoms with van der Waals surface area (Å²) in [6.45, 7) is 0. The molecule has 0 atom stereocenters. The molecule has 0 heterocycles. The van der Waals surface area contributed by atoms with Crippen LogP contribution in [0.5, 0.6) is 0 Å². The molecule has 0 spiro atoms. The van der Waals surface area contributed by atoms with Crippen LogP contribution >= 0.6 is 0 Å². The monoisotopic (exact) mass is 294 g/mol. The summed E-state index contributed by atoms with van der Waals surface area (Å²) in [5, 5.41) is 0. The van der Waals surface area contributed by atoms with E-state index in [9.17, 15) is 8.78 Å². The van der Waals surface area contributed by atoms with Crippen LogP contribution in [0.25, 0.3) is 0 Å². The number of hydrogen-bond donors (Lipinski definition) is 0. The maximum Gasteiger partial charge on any atom is 0.123 e. The molecule has 0 saturated heterocycles. The van der Waals surface area contributed by atoms with Crippen molar-refractivity contribution in [2.45, 2.75) is 0 Å². The molecule has 1 aliphatic rings. The molecule has 1 aliphatic carbocycles. The molecule has 0 radical (unpaired) electrons. The maximum atomic E-state index is 12.8. The van der Waals surface area contributed by atoms with Gasteiger partial charge in [-0.3, -0.25) is 0 Å². The van der Waals surface area contributed by atoms with Crippen LogP contribution in [0.3, 0.4) is 0 Å². The predicted octanol–water partition coefficient (Wildman–Crippen LogP) is 4.94. The van der Waals surface area contributed by atoms with Crippen LogP contribution in [-0.2, 0) is 0 Å². The Morgan fingerprint density at radius 1 is 0.500 bits per heavy atom. The smallest absolute Gasteiger partial charge is 0.123 e. The van der Waals surface area contributed by atoms with Crippen molar-refractivity contribution in [3.05, 3.63) is 84.5 Å². The van der Waals surface area contributed by atoms with E-state index in [4.69, 9.17) is 0 Å². The lowest BCUT2D eigenvalue weighted by Gasteiger charge is -2.03. The van der Waals surface area contributed by atoms with E-state index in [-0.39, 0.29) is 11.6 Å². The first-order valence-electron chi connectivity index (χ1n) is 6.74. The highest BCUT2D eigenvalue weighted by Gasteiger charge is 2.01. The summed E-state index contributed by atoms with van der Waals surface area (Å²) in [7, 11) is 0. The molecule has 0 aliphatic heterocycles. The second-order valence-electron chi connectivity index (χ2n) is 4.69. The van der Waals surface area contributed by atoms with Crippen LogP contribution in [0, 0.1) is 11.6 Å². The van der Waals surface area contributed by atoms with Gasteiger partial charge in [0.25, 0.3) is 0 Å². The first-order chi connectivity index (χ1) is 10.7. The van der Waals surface area contributed by atoms with Gasteiger partial charge in [0, 0.05) is 0 Å². The molecule has 4 heteroatoms. The first kappa shape index (κ1) is 14.1. The largest absolute Gasteiger partial charge is 0.249 e. The highest BCUT2D eigenvalue weighted by molar-refractivity contribution is 6.19. The van der Waals surface area contributed by atoms with Crippen LogP contribution in [0.4, 0.5) is 20.2 Å². The van der Waals surface area contributed by atoms with Crippen molar-refractivity contribution in [1.29, 1.82) is 0 Å². The number of allylic oxidation sites excluding steroid dienone is 4. The van der Waals surface area contributed by atoms with E-state index >= 15 is 0 Å². The molecular weight excluding hydrogens is 282 g/mol. The third-order valence-electron chi connectivity index (χ3n) is 3.02. The molecule has 2 nitrogen and oxygen atoms in total. The van der Waals surface area contributed by atoms with E-state index in [1.54, 1.807) is 24.3 Å². The van der Waals surface area contributed by atoms with Gasteiger partial charge in [0.1, 0.15) is 11.6 Å². The van der Waals surface area contributed by atoms with Crippen molar-refractivity contribution in [1.82, 2.24) is 0 Å². The van der Waals surface area contributed by atoms with Gasteiger partial charge in [-0.1, -0.05) is 0 Å². The zero-order valence-corrected chi connectivity index (χ0v) is 11.6. The van der Waals surface area contributed by atoms with Crippen LogP contribution in [0.2, 0.25) is 0 Å². The van der Waals surface area contributed by atoms with Crippen LogP contribution in [-0.4, -0.2) is 11.4 Å². The van der Waals surface area contributed by atoms with Crippen molar-refractivity contribution in [3.63, 3.8) is 0 Å². The molecule has 2 aromatic carbocycles. The van der Waals surface area contributed by atoms with Gasteiger partial charge < -0.3 is 0 Å².